The zero-order chi connectivity index (χ0) is 14.1. The molecule has 0 bridgehead atoms. The first-order chi connectivity index (χ1) is 8.04. The van der Waals surface area contributed by atoms with E-state index in [1.165, 1.54) is 0 Å². The second kappa shape index (κ2) is 5.05. The van der Waals surface area contributed by atoms with Crippen LogP contribution in [0.2, 0.25) is 0 Å². The van der Waals surface area contributed by atoms with Crippen molar-refractivity contribution in [3.8, 4) is 11.6 Å². The highest BCUT2D eigenvalue weighted by atomic mass is 127. The molecule has 0 saturated heterocycles. The summed E-state index contributed by atoms with van der Waals surface area (Å²) in [6.07, 6.45) is -5.10. The van der Waals surface area contributed by atoms with Gasteiger partial charge in [-0.25, -0.2) is 18.5 Å². The van der Waals surface area contributed by atoms with Crippen LogP contribution in [0.3, 0.4) is 0 Å². The van der Waals surface area contributed by atoms with Crippen molar-refractivity contribution < 1.29 is 31.1 Å². The maximum absolute atomic E-state index is 12.1. The number of sulfonamides is 1. The van der Waals surface area contributed by atoms with Gasteiger partial charge in [-0.15, -0.1) is 13.2 Å². The van der Waals surface area contributed by atoms with E-state index in [-0.39, 0.29) is 9.45 Å². The summed E-state index contributed by atoms with van der Waals surface area (Å²) in [6.45, 7) is 0. The molecule has 0 aliphatic heterocycles. The first-order valence-electron chi connectivity index (χ1n) is 4.07. The predicted molar refractivity (Wildman–Crippen MR) is 61.6 cm³/mol. The normalized spacial score (nSPS) is 12.3. The van der Waals surface area contributed by atoms with Crippen LogP contribution in [0.1, 0.15) is 0 Å². The lowest BCUT2D eigenvalue weighted by molar-refractivity contribution is -0.277. The lowest BCUT2D eigenvalue weighted by Gasteiger charge is -2.13. The monoisotopic (exact) mass is 398 g/mol. The molecule has 11 heteroatoms. The fourth-order valence-corrected chi connectivity index (χ4v) is 2.31. The lowest BCUT2D eigenvalue weighted by atomic mass is 10.4. The number of ether oxygens (including phenoxy) is 2. The summed E-state index contributed by atoms with van der Waals surface area (Å²) in [5.74, 6) is -1.55. The minimum absolute atomic E-state index is 0.0519. The highest BCUT2D eigenvalue weighted by Gasteiger charge is 2.36. The lowest BCUT2D eigenvalue weighted by Crippen LogP contribution is -2.22. The van der Waals surface area contributed by atoms with Gasteiger partial charge in [-0.3, -0.25) is 0 Å². The molecule has 0 radical (unpaired) electrons. The molecule has 0 atom stereocenters. The van der Waals surface area contributed by atoms with E-state index in [4.69, 9.17) is 5.14 Å². The standard InChI is InChI=1S/C7H6F3IN2O4S/c1-16-3-2-4(11)13-6(17-7(8,9)10)5(3)18(12,14)15/h2H,1H3,(H2,12,14,15). The van der Waals surface area contributed by atoms with E-state index in [1.807, 2.05) is 0 Å². The molecular formula is C7H6F3IN2O4S. The quantitative estimate of drug-likeness (QED) is 0.611. The maximum Gasteiger partial charge on any atom is 0.574 e. The number of aromatic nitrogens is 1. The molecule has 1 aromatic rings. The molecule has 102 valence electrons. The molecule has 18 heavy (non-hydrogen) atoms. The Labute approximate surface area is 113 Å². The van der Waals surface area contributed by atoms with Crippen LogP contribution >= 0.6 is 22.6 Å². The number of nitrogens with two attached hydrogens (primary N) is 1. The highest BCUT2D eigenvalue weighted by Crippen LogP contribution is 2.34. The third kappa shape index (κ3) is 3.84. The number of rotatable bonds is 3. The van der Waals surface area contributed by atoms with E-state index >= 15 is 0 Å². The van der Waals surface area contributed by atoms with Gasteiger partial charge in [-0.05, 0) is 22.6 Å². The minimum atomic E-state index is -5.10. The van der Waals surface area contributed by atoms with E-state index in [0.29, 0.717) is 0 Å². The molecule has 6 nitrogen and oxygen atoms in total. The molecule has 0 unspecified atom stereocenters. The Hall–Kier alpha value is -0.820. The average molecular weight is 398 g/mol. The number of methoxy groups -OCH3 is 1. The second-order valence-electron chi connectivity index (χ2n) is 2.87. The number of nitrogens with zero attached hydrogens (tertiary/aromatic N) is 1. The van der Waals surface area contributed by atoms with E-state index in [2.05, 4.69) is 14.5 Å². The van der Waals surface area contributed by atoms with Crippen molar-refractivity contribution in [1.29, 1.82) is 0 Å². The van der Waals surface area contributed by atoms with Gasteiger partial charge in [0.05, 0.1) is 7.11 Å². The number of pyridine rings is 1. The van der Waals surface area contributed by atoms with E-state index < -0.39 is 27.2 Å². The summed E-state index contributed by atoms with van der Waals surface area (Å²) in [5, 5.41) is 4.81. The van der Waals surface area contributed by atoms with Gasteiger partial charge in [0.2, 0.25) is 15.9 Å². The zero-order valence-electron chi connectivity index (χ0n) is 8.66. The Morgan fingerprint density at radius 1 is 1.44 bits per heavy atom. The van der Waals surface area contributed by atoms with Crippen LogP contribution in [-0.2, 0) is 10.0 Å². The van der Waals surface area contributed by atoms with Gasteiger partial charge >= 0.3 is 6.36 Å². The maximum atomic E-state index is 12.1. The van der Waals surface area contributed by atoms with Gasteiger partial charge < -0.3 is 9.47 Å². The predicted octanol–water partition coefficient (Wildman–Crippen LogP) is 1.24. The molecule has 0 aliphatic rings. The topological polar surface area (TPSA) is 91.5 Å². The summed E-state index contributed by atoms with van der Waals surface area (Å²) < 4.78 is 67.1. The third-order valence-electron chi connectivity index (χ3n) is 1.59. The van der Waals surface area contributed by atoms with Crippen LogP contribution in [0.15, 0.2) is 11.0 Å². The molecule has 1 rings (SSSR count). The molecule has 1 heterocycles. The first kappa shape index (κ1) is 15.2. The minimum Gasteiger partial charge on any atom is -0.495 e. The largest absolute Gasteiger partial charge is 0.574 e. The van der Waals surface area contributed by atoms with Crippen molar-refractivity contribution in [1.82, 2.24) is 4.98 Å². The summed E-state index contributed by atoms with van der Waals surface area (Å²) in [6, 6.07) is 1.11. The van der Waals surface area contributed by atoms with E-state index in [9.17, 15) is 21.6 Å². The van der Waals surface area contributed by atoms with Crippen LogP contribution in [0.4, 0.5) is 13.2 Å². The second-order valence-corrected chi connectivity index (χ2v) is 5.48. The van der Waals surface area contributed by atoms with E-state index in [0.717, 1.165) is 13.2 Å². The van der Waals surface area contributed by atoms with Gasteiger partial charge in [0, 0.05) is 6.07 Å². The molecule has 0 aliphatic carbocycles. The molecule has 2 N–H and O–H groups in total. The van der Waals surface area contributed by atoms with Crippen LogP contribution in [0.5, 0.6) is 11.6 Å². The van der Waals surface area contributed by atoms with Crippen molar-refractivity contribution in [3.63, 3.8) is 0 Å². The zero-order valence-corrected chi connectivity index (χ0v) is 11.6. The molecule has 0 amide bonds. The summed E-state index contributed by atoms with van der Waals surface area (Å²) in [7, 11) is -3.40. The Morgan fingerprint density at radius 2 is 2.00 bits per heavy atom. The SMILES string of the molecule is COc1cc(I)nc(OC(F)(F)F)c1S(N)(=O)=O. The molecule has 0 spiro atoms. The summed E-state index contributed by atoms with van der Waals surface area (Å²) in [5.41, 5.74) is 0. The van der Waals surface area contributed by atoms with Gasteiger partial charge in [0.15, 0.2) is 4.90 Å². The van der Waals surface area contributed by atoms with Crippen molar-refractivity contribution in [3.05, 3.63) is 9.77 Å². The van der Waals surface area contributed by atoms with Gasteiger partial charge in [-0.1, -0.05) is 0 Å². The van der Waals surface area contributed by atoms with Crippen molar-refractivity contribution in [2.75, 3.05) is 7.11 Å². The molecule has 0 aromatic carbocycles. The number of hydrogen-bond donors (Lipinski definition) is 1. The molecular weight excluding hydrogens is 392 g/mol. The van der Waals surface area contributed by atoms with Gasteiger partial charge in [-0.2, -0.15) is 0 Å². The third-order valence-corrected chi connectivity index (χ3v) is 3.09. The van der Waals surface area contributed by atoms with Crippen molar-refractivity contribution in [2.24, 2.45) is 5.14 Å². The van der Waals surface area contributed by atoms with Gasteiger partial charge in [0.1, 0.15) is 9.45 Å². The number of halogens is 4. The van der Waals surface area contributed by atoms with Crippen LogP contribution in [-0.4, -0.2) is 26.9 Å². The summed E-state index contributed by atoms with van der Waals surface area (Å²) in [4.78, 5) is 2.38. The smallest absolute Gasteiger partial charge is 0.495 e. The Balaban J connectivity index is 3.53. The van der Waals surface area contributed by atoms with Crippen molar-refractivity contribution >= 4 is 32.6 Å². The number of alkyl halides is 3. The highest BCUT2D eigenvalue weighted by molar-refractivity contribution is 14.1. The van der Waals surface area contributed by atoms with E-state index in [1.54, 1.807) is 22.6 Å². The van der Waals surface area contributed by atoms with Crippen molar-refractivity contribution in [2.45, 2.75) is 11.3 Å². The Bertz CT molecular complexity index is 561. The van der Waals surface area contributed by atoms with Crippen LogP contribution < -0.4 is 14.6 Å². The Morgan fingerprint density at radius 3 is 2.39 bits per heavy atom. The first-order valence-corrected chi connectivity index (χ1v) is 6.70. The van der Waals surface area contributed by atoms with Gasteiger partial charge in [0.25, 0.3) is 0 Å². The number of hydrogen-bond acceptors (Lipinski definition) is 5. The Kier molecular flexibility index (Phi) is 4.27. The van der Waals surface area contributed by atoms with Crippen LogP contribution in [0.25, 0.3) is 0 Å². The number of primary sulfonamides is 1. The fraction of sp³-hybridized carbons (Fsp3) is 0.286. The average Bonchev–Trinajstić information content (AvgIpc) is 2.11. The fourth-order valence-electron chi connectivity index (χ4n) is 1.05. The van der Waals surface area contributed by atoms with Crippen LogP contribution in [0, 0.1) is 3.70 Å². The summed E-state index contributed by atoms with van der Waals surface area (Å²) >= 11 is 1.58. The molecule has 0 saturated carbocycles. The molecule has 0 fully saturated rings. The molecule has 1 aromatic heterocycles.